The van der Waals surface area contributed by atoms with Crippen LogP contribution in [0.5, 0.6) is 0 Å². The molecule has 6 heteroatoms. The minimum atomic E-state index is -0.137. The summed E-state index contributed by atoms with van der Waals surface area (Å²) in [6.07, 6.45) is 5.68. The summed E-state index contributed by atoms with van der Waals surface area (Å²) in [5.74, 6) is 1.14. The van der Waals surface area contributed by atoms with E-state index in [1.165, 1.54) is 0 Å². The first-order valence-electron chi connectivity index (χ1n) is 8.18. The summed E-state index contributed by atoms with van der Waals surface area (Å²) in [6, 6.07) is 1.71. The summed E-state index contributed by atoms with van der Waals surface area (Å²) in [6.45, 7) is 6.18. The highest BCUT2D eigenvalue weighted by molar-refractivity contribution is 5.92. The Balaban J connectivity index is 1.89. The summed E-state index contributed by atoms with van der Waals surface area (Å²) in [5.41, 5.74) is 0.416. The van der Waals surface area contributed by atoms with Gasteiger partial charge in [0.2, 0.25) is 0 Å². The maximum atomic E-state index is 12.1. The number of hydrogen-bond donors (Lipinski definition) is 2. The van der Waals surface area contributed by atoms with Crippen molar-refractivity contribution in [3.63, 3.8) is 0 Å². The molecular weight excluding hydrogens is 280 g/mol. The molecule has 122 valence electrons. The van der Waals surface area contributed by atoms with E-state index in [2.05, 4.69) is 27.5 Å². The van der Waals surface area contributed by atoms with Gasteiger partial charge in [-0.25, -0.2) is 9.97 Å². The third kappa shape index (κ3) is 5.26. The predicted molar refractivity (Wildman–Crippen MR) is 86.1 cm³/mol. The van der Waals surface area contributed by atoms with Gasteiger partial charge in [-0.2, -0.15) is 0 Å². The molecule has 1 fully saturated rings. The number of aryl methyl sites for hydroxylation is 1. The fourth-order valence-electron chi connectivity index (χ4n) is 2.47. The lowest BCUT2D eigenvalue weighted by Crippen LogP contribution is -2.26. The number of nitrogens with zero attached hydrogens (tertiary/aromatic N) is 2. The van der Waals surface area contributed by atoms with E-state index in [4.69, 9.17) is 4.74 Å². The lowest BCUT2D eigenvalue weighted by atomic mass is 10.2. The second-order valence-corrected chi connectivity index (χ2v) is 5.66. The molecule has 0 aliphatic carbocycles. The van der Waals surface area contributed by atoms with Gasteiger partial charge in [0.1, 0.15) is 17.3 Å². The second kappa shape index (κ2) is 8.68. The van der Waals surface area contributed by atoms with Crippen LogP contribution in [0.25, 0.3) is 0 Å². The number of carbonyl (C=O) groups excluding carboxylic acids is 1. The molecule has 1 aliphatic heterocycles. The first kappa shape index (κ1) is 16.7. The number of anilines is 1. The number of unbranched alkanes of at least 4 members (excludes halogenated alkanes) is 2. The molecule has 1 saturated heterocycles. The zero-order valence-corrected chi connectivity index (χ0v) is 13.5. The van der Waals surface area contributed by atoms with Gasteiger partial charge in [-0.05, 0) is 26.2 Å². The van der Waals surface area contributed by atoms with Crippen molar-refractivity contribution in [2.45, 2.75) is 52.1 Å². The third-order valence-corrected chi connectivity index (χ3v) is 3.67. The molecule has 0 spiro atoms. The number of nitrogens with one attached hydrogen (secondary N) is 2. The molecule has 0 aromatic carbocycles. The average molecular weight is 306 g/mol. The van der Waals surface area contributed by atoms with E-state index < -0.39 is 0 Å². The largest absolute Gasteiger partial charge is 0.376 e. The third-order valence-electron chi connectivity index (χ3n) is 3.67. The van der Waals surface area contributed by atoms with Crippen molar-refractivity contribution in [1.82, 2.24) is 15.3 Å². The van der Waals surface area contributed by atoms with E-state index in [-0.39, 0.29) is 12.0 Å². The van der Waals surface area contributed by atoms with Gasteiger partial charge < -0.3 is 15.4 Å². The molecule has 1 unspecified atom stereocenters. The Morgan fingerprint density at radius 1 is 1.41 bits per heavy atom. The second-order valence-electron chi connectivity index (χ2n) is 5.66. The minimum Gasteiger partial charge on any atom is -0.376 e. The summed E-state index contributed by atoms with van der Waals surface area (Å²) in [7, 11) is 0. The van der Waals surface area contributed by atoms with Crippen LogP contribution in [0, 0.1) is 6.92 Å². The highest BCUT2D eigenvalue weighted by Gasteiger charge is 2.16. The monoisotopic (exact) mass is 306 g/mol. The van der Waals surface area contributed by atoms with Gasteiger partial charge in [-0.15, -0.1) is 0 Å². The molecule has 0 radical (unpaired) electrons. The fraction of sp³-hybridized carbons (Fsp3) is 0.688. The Bertz CT molecular complexity index is 487. The number of amides is 1. The standard InChI is InChI=1S/C16H26N4O2/c1-3-4-5-8-17-16(21)14-10-15(20-12(2)19-14)18-11-13-7-6-9-22-13/h10,13H,3-9,11H2,1-2H3,(H,17,21)(H,18,19,20). The molecule has 6 nitrogen and oxygen atoms in total. The zero-order chi connectivity index (χ0) is 15.8. The SMILES string of the molecule is CCCCCNC(=O)c1cc(NCC2CCCO2)nc(C)n1. The van der Waals surface area contributed by atoms with Crippen LogP contribution >= 0.6 is 0 Å². The van der Waals surface area contributed by atoms with Crippen LogP contribution in [0.15, 0.2) is 6.07 Å². The molecular formula is C16H26N4O2. The van der Waals surface area contributed by atoms with E-state index in [1.807, 2.05) is 0 Å². The summed E-state index contributed by atoms with van der Waals surface area (Å²) < 4.78 is 5.57. The minimum absolute atomic E-state index is 0.137. The average Bonchev–Trinajstić information content (AvgIpc) is 3.02. The van der Waals surface area contributed by atoms with Crippen molar-refractivity contribution in [1.29, 1.82) is 0 Å². The van der Waals surface area contributed by atoms with Gasteiger partial charge in [0.25, 0.3) is 5.91 Å². The molecule has 0 bridgehead atoms. The van der Waals surface area contributed by atoms with Crippen LogP contribution in [-0.2, 0) is 4.74 Å². The molecule has 2 rings (SSSR count). The molecule has 1 aromatic rings. The topological polar surface area (TPSA) is 76.1 Å². The highest BCUT2D eigenvalue weighted by Crippen LogP contribution is 2.13. The Morgan fingerprint density at radius 3 is 3.00 bits per heavy atom. The van der Waals surface area contributed by atoms with Crippen LogP contribution in [-0.4, -0.2) is 41.7 Å². The Hall–Kier alpha value is -1.69. The highest BCUT2D eigenvalue weighted by atomic mass is 16.5. The van der Waals surface area contributed by atoms with Gasteiger partial charge in [-0.1, -0.05) is 19.8 Å². The molecule has 2 N–H and O–H groups in total. The van der Waals surface area contributed by atoms with E-state index >= 15 is 0 Å². The Morgan fingerprint density at radius 2 is 2.27 bits per heavy atom. The normalized spacial score (nSPS) is 17.5. The molecule has 1 atom stereocenters. The van der Waals surface area contributed by atoms with Gasteiger partial charge in [0, 0.05) is 25.8 Å². The van der Waals surface area contributed by atoms with Gasteiger partial charge in [0.15, 0.2) is 0 Å². The van der Waals surface area contributed by atoms with Crippen molar-refractivity contribution in [2.75, 3.05) is 25.0 Å². The van der Waals surface area contributed by atoms with Crippen LogP contribution in [0.4, 0.5) is 5.82 Å². The van der Waals surface area contributed by atoms with Crippen LogP contribution in [0.1, 0.15) is 55.3 Å². The van der Waals surface area contributed by atoms with Crippen molar-refractivity contribution < 1.29 is 9.53 Å². The number of carbonyl (C=O) groups is 1. The quantitative estimate of drug-likeness (QED) is 0.721. The number of ether oxygens (including phenoxy) is 1. The van der Waals surface area contributed by atoms with E-state index in [0.29, 0.717) is 30.4 Å². The number of aromatic nitrogens is 2. The summed E-state index contributed by atoms with van der Waals surface area (Å²) in [5, 5.41) is 6.15. The van der Waals surface area contributed by atoms with Crippen molar-refractivity contribution in [2.24, 2.45) is 0 Å². The van der Waals surface area contributed by atoms with Crippen molar-refractivity contribution in [3.05, 3.63) is 17.6 Å². The van der Waals surface area contributed by atoms with E-state index in [1.54, 1.807) is 13.0 Å². The smallest absolute Gasteiger partial charge is 0.270 e. The molecule has 0 saturated carbocycles. The van der Waals surface area contributed by atoms with Crippen LogP contribution in [0.3, 0.4) is 0 Å². The van der Waals surface area contributed by atoms with Crippen LogP contribution in [0.2, 0.25) is 0 Å². The van der Waals surface area contributed by atoms with Crippen molar-refractivity contribution in [3.8, 4) is 0 Å². The molecule has 22 heavy (non-hydrogen) atoms. The van der Waals surface area contributed by atoms with Crippen LogP contribution < -0.4 is 10.6 Å². The maximum Gasteiger partial charge on any atom is 0.270 e. The predicted octanol–water partition coefficient (Wildman–Crippen LogP) is 2.30. The number of rotatable bonds is 8. The van der Waals surface area contributed by atoms with Gasteiger partial charge in [0.05, 0.1) is 6.10 Å². The molecule has 1 aliphatic rings. The lowest BCUT2D eigenvalue weighted by Gasteiger charge is -2.12. The lowest BCUT2D eigenvalue weighted by molar-refractivity contribution is 0.0947. The maximum absolute atomic E-state index is 12.1. The number of hydrogen-bond acceptors (Lipinski definition) is 5. The Labute approximate surface area is 132 Å². The Kier molecular flexibility index (Phi) is 6.58. The van der Waals surface area contributed by atoms with Gasteiger partial charge >= 0.3 is 0 Å². The first-order valence-corrected chi connectivity index (χ1v) is 8.18. The molecule has 1 aromatic heterocycles. The molecule has 2 heterocycles. The summed E-state index contributed by atoms with van der Waals surface area (Å²) >= 11 is 0. The van der Waals surface area contributed by atoms with Crippen molar-refractivity contribution >= 4 is 11.7 Å². The molecule has 1 amide bonds. The van der Waals surface area contributed by atoms with E-state index in [0.717, 1.165) is 38.7 Å². The van der Waals surface area contributed by atoms with E-state index in [9.17, 15) is 4.79 Å². The zero-order valence-electron chi connectivity index (χ0n) is 13.5. The summed E-state index contributed by atoms with van der Waals surface area (Å²) in [4.78, 5) is 20.7. The van der Waals surface area contributed by atoms with Gasteiger partial charge in [-0.3, -0.25) is 4.79 Å². The first-order chi connectivity index (χ1) is 10.7. The fourth-order valence-corrected chi connectivity index (χ4v) is 2.47.